The fraction of sp³-hybridized carbons (Fsp3) is 0.500. The molecule has 0 aliphatic rings. The molecule has 0 saturated heterocycles. The number of allylic oxidation sites excluding steroid dienone is 2. The molecule has 1 atom stereocenters. The maximum absolute atomic E-state index is 12.9. The van der Waals surface area contributed by atoms with Crippen molar-refractivity contribution in [1.82, 2.24) is 0 Å². The van der Waals surface area contributed by atoms with Crippen LogP contribution in [-0.2, 0) is 0 Å². The summed E-state index contributed by atoms with van der Waals surface area (Å²) in [4.78, 5) is 1.17. The quantitative estimate of drug-likeness (QED) is 0.453. The van der Waals surface area contributed by atoms with Crippen LogP contribution in [0.4, 0.5) is 18.9 Å². The summed E-state index contributed by atoms with van der Waals surface area (Å²) in [7, 11) is 0. The van der Waals surface area contributed by atoms with Gasteiger partial charge in [0.15, 0.2) is 0 Å². The van der Waals surface area contributed by atoms with Crippen LogP contribution in [0.15, 0.2) is 48.7 Å². The van der Waals surface area contributed by atoms with Crippen LogP contribution in [-0.4, -0.2) is 19.3 Å². The Kier molecular flexibility index (Phi) is 8.59. The van der Waals surface area contributed by atoms with Crippen molar-refractivity contribution in [2.45, 2.75) is 46.2 Å². The Morgan fingerprint density at radius 1 is 1.24 bits per heavy atom. The van der Waals surface area contributed by atoms with Crippen LogP contribution in [0.3, 0.4) is 0 Å². The average molecular weight is 355 g/mol. The number of hydrogen-bond donors (Lipinski definition) is 0. The van der Waals surface area contributed by atoms with E-state index in [1.807, 2.05) is 13.0 Å². The predicted octanol–water partition coefficient (Wildman–Crippen LogP) is 6.35. The minimum Gasteiger partial charge on any atom is -0.493 e. The van der Waals surface area contributed by atoms with Crippen LogP contribution in [0.5, 0.6) is 5.75 Å². The molecule has 2 nitrogen and oxygen atoms in total. The van der Waals surface area contributed by atoms with Gasteiger partial charge in [0, 0.05) is 11.4 Å². The zero-order valence-corrected chi connectivity index (χ0v) is 15.3. The molecule has 1 rings (SSSR count). The number of halogens is 3. The highest BCUT2D eigenvalue weighted by Crippen LogP contribution is 2.27. The van der Waals surface area contributed by atoms with Gasteiger partial charge in [-0.05, 0) is 42.7 Å². The van der Waals surface area contributed by atoms with Crippen molar-refractivity contribution in [2.24, 2.45) is 5.92 Å². The Balaban J connectivity index is 2.88. The molecule has 0 N–H and O–H groups in total. The monoisotopic (exact) mass is 355 g/mol. The van der Waals surface area contributed by atoms with Crippen molar-refractivity contribution in [1.29, 1.82) is 0 Å². The highest BCUT2D eigenvalue weighted by atomic mass is 19.4. The zero-order chi connectivity index (χ0) is 18.9. The SMILES string of the molecule is C=C(/C=C/CCC)N(CC(F)(F)F)c1ccc(OCC(C)CC)cc1. The first-order valence-corrected chi connectivity index (χ1v) is 8.69. The summed E-state index contributed by atoms with van der Waals surface area (Å²) >= 11 is 0. The van der Waals surface area contributed by atoms with Gasteiger partial charge in [-0.1, -0.05) is 46.3 Å². The van der Waals surface area contributed by atoms with Crippen molar-refractivity contribution in [3.8, 4) is 5.75 Å². The highest BCUT2D eigenvalue weighted by Gasteiger charge is 2.31. The Morgan fingerprint density at radius 3 is 2.40 bits per heavy atom. The van der Waals surface area contributed by atoms with E-state index in [-0.39, 0.29) is 0 Å². The zero-order valence-electron chi connectivity index (χ0n) is 15.3. The number of nitrogens with zero attached hydrogens (tertiary/aromatic N) is 1. The van der Waals surface area contributed by atoms with Crippen LogP contribution < -0.4 is 9.64 Å². The molecule has 0 radical (unpaired) electrons. The first kappa shape index (κ1) is 21.1. The second kappa shape index (κ2) is 10.2. The van der Waals surface area contributed by atoms with Crippen molar-refractivity contribution in [3.05, 3.63) is 48.7 Å². The van der Waals surface area contributed by atoms with E-state index in [0.29, 0.717) is 29.7 Å². The van der Waals surface area contributed by atoms with Crippen molar-refractivity contribution in [2.75, 3.05) is 18.1 Å². The summed E-state index contributed by atoms with van der Waals surface area (Å²) < 4.78 is 44.5. The van der Waals surface area contributed by atoms with Crippen LogP contribution in [0.1, 0.15) is 40.0 Å². The highest BCUT2D eigenvalue weighted by molar-refractivity contribution is 5.55. The molecule has 1 aromatic carbocycles. The first-order chi connectivity index (χ1) is 11.8. The topological polar surface area (TPSA) is 12.5 Å². The molecule has 0 aromatic heterocycles. The summed E-state index contributed by atoms with van der Waals surface area (Å²) in [6.07, 6.45) is 1.93. The number of hydrogen-bond acceptors (Lipinski definition) is 2. The van der Waals surface area contributed by atoms with Gasteiger partial charge < -0.3 is 9.64 Å². The van der Waals surface area contributed by atoms with E-state index < -0.39 is 12.7 Å². The number of anilines is 1. The Bertz CT molecular complexity index is 549. The summed E-state index contributed by atoms with van der Waals surface area (Å²) in [5.41, 5.74) is 0.762. The van der Waals surface area contributed by atoms with Gasteiger partial charge in [-0.3, -0.25) is 0 Å². The summed E-state index contributed by atoms with van der Waals surface area (Å²) in [6.45, 7) is 9.50. The smallest absolute Gasteiger partial charge is 0.406 e. The lowest BCUT2D eigenvalue weighted by Gasteiger charge is -2.26. The number of rotatable bonds is 10. The lowest BCUT2D eigenvalue weighted by molar-refractivity contribution is -0.118. The van der Waals surface area contributed by atoms with Crippen molar-refractivity contribution < 1.29 is 17.9 Å². The fourth-order valence-electron chi connectivity index (χ4n) is 2.09. The van der Waals surface area contributed by atoms with Gasteiger partial charge in [0.05, 0.1) is 6.61 Å². The number of ether oxygens (including phenoxy) is 1. The van der Waals surface area contributed by atoms with Crippen molar-refractivity contribution in [3.63, 3.8) is 0 Å². The molecule has 1 aromatic rings. The van der Waals surface area contributed by atoms with E-state index in [2.05, 4.69) is 20.4 Å². The van der Waals surface area contributed by atoms with Gasteiger partial charge in [0.2, 0.25) is 0 Å². The molecule has 5 heteroatoms. The average Bonchev–Trinajstić information content (AvgIpc) is 2.57. The number of alkyl halides is 3. The second-order valence-corrected chi connectivity index (χ2v) is 6.20. The van der Waals surface area contributed by atoms with Gasteiger partial charge in [0.1, 0.15) is 12.3 Å². The molecule has 0 aliphatic heterocycles. The second-order valence-electron chi connectivity index (χ2n) is 6.20. The molecule has 0 saturated carbocycles. The van der Waals surface area contributed by atoms with E-state index in [1.54, 1.807) is 30.3 Å². The predicted molar refractivity (Wildman–Crippen MR) is 98.0 cm³/mol. The molecule has 140 valence electrons. The van der Waals surface area contributed by atoms with Gasteiger partial charge in [-0.15, -0.1) is 0 Å². The van der Waals surface area contributed by atoms with Crippen molar-refractivity contribution >= 4 is 5.69 Å². The third-order valence-electron chi connectivity index (χ3n) is 3.83. The first-order valence-electron chi connectivity index (χ1n) is 8.69. The molecule has 0 heterocycles. The van der Waals surface area contributed by atoms with Gasteiger partial charge in [0.25, 0.3) is 0 Å². The van der Waals surface area contributed by atoms with Gasteiger partial charge in [-0.2, -0.15) is 13.2 Å². The molecule has 0 amide bonds. The van der Waals surface area contributed by atoms with Crippen LogP contribution in [0.25, 0.3) is 0 Å². The standard InChI is InChI=1S/C20H28F3NO/c1-5-7-8-9-17(4)24(15-20(21,22)23)18-10-12-19(13-11-18)25-14-16(3)6-2/h8-13,16H,4-7,14-15H2,1-3H3/b9-8+. The number of unbranched alkanes of at least 4 members (excludes halogenated alkanes) is 1. The fourth-order valence-corrected chi connectivity index (χ4v) is 2.09. The van der Waals surface area contributed by atoms with Crippen LogP contribution >= 0.6 is 0 Å². The van der Waals surface area contributed by atoms with E-state index in [1.165, 1.54) is 4.90 Å². The van der Waals surface area contributed by atoms with Crippen LogP contribution in [0.2, 0.25) is 0 Å². The summed E-state index contributed by atoms with van der Waals surface area (Å²) in [6, 6.07) is 6.67. The normalized spacial score (nSPS) is 13.0. The lowest BCUT2D eigenvalue weighted by atomic mass is 10.1. The van der Waals surface area contributed by atoms with E-state index in [0.717, 1.165) is 19.3 Å². The Morgan fingerprint density at radius 2 is 1.88 bits per heavy atom. The Labute approximate surface area is 149 Å². The molecule has 0 fully saturated rings. The molecule has 1 unspecified atom stereocenters. The van der Waals surface area contributed by atoms with Crippen LogP contribution in [0, 0.1) is 5.92 Å². The molecule has 0 spiro atoms. The molecule has 25 heavy (non-hydrogen) atoms. The maximum atomic E-state index is 12.9. The van der Waals surface area contributed by atoms with Gasteiger partial charge in [-0.25, -0.2) is 0 Å². The maximum Gasteiger partial charge on any atom is 0.406 e. The minimum absolute atomic E-state index is 0.319. The minimum atomic E-state index is -4.31. The Hall–Kier alpha value is -1.91. The third-order valence-corrected chi connectivity index (χ3v) is 3.83. The lowest BCUT2D eigenvalue weighted by Crippen LogP contribution is -2.32. The summed E-state index contributed by atoms with van der Waals surface area (Å²) in [5, 5.41) is 0. The van der Waals surface area contributed by atoms with E-state index in [9.17, 15) is 13.2 Å². The molecule has 0 bridgehead atoms. The largest absolute Gasteiger partial charge is 0.493 e. The number of benzene rings is 1. The van der Waals surface area contributed by atoms with E-state index in [4.69, 9.17) is 4.74 Å². The van der Waals surface area contributed by atoms with Gasteiger partial charge >= 0.3 is 6.18 Å². The molecular formula is C20H28F3NO. The molecule has 0 aliphatic carbocycles. The summed E-state index contributed by atoms with van der Waals surface area (Å²) in [5.74, 6) is 1.09. The third kappa shape index (κ3) is 8.14. The van der Waals surface area contributed by atoms with E-state index >= 15 is 0 Å². The molecular weight excluding hydrogens is 327 g/mol.